The number of benzene rings is 1. The zero-order valence-electron chi connectivity index (χ0n) is 13.4. The Morgan fingerprint density at radius 2 is 2.09 bits per heavy atom. The van der Waals surface area contributed by atoms with Crippen molar-refractivity contribution in [3.63, 3.8) is 0 Å². The van der Waals surface area contributed by atoms with Gasteiger partial charge in [-0.15, -0.1) is 0 Å². The van der Waals surface area contributed by atoms with Gasteiger partial charge in [0.1, 0.15) is 17.2 Å². The van der Waals surface area contributed by atoms with Crippen molar-refractivity contribution in [2.24, 2.45) is 0 Å². The largest absolute Gasteiger partial charge is 0.497 e. The molecule has 1 aliphatic rings. The van der Waals surface area contributed by atoms with Crippen LogP contribution in [0.2, 0.25) is 0 Å². The van der Waals surface area contributed by atoms with E-state index in [-0.39, 0.29) is 6.61 Å². The van der Waals surface area contributed by atoms with Crippen molar-refractivity contribution in [2.75, 3.05) is 26.8 Å². The van der Waals surface area contributed by atoms with Crippen molar-refractivity contribution in [1.82, 2.24) is 14.5 Å². The number of rotatable bonds is 5. The molecule has 2 aromatic rings. The van der Waals surface area contributed by atoms with Gasteiger partial charge < -0.3 is 19.5 Å². The Hall–Kier alpha value is -1.89. The van der Waals surface area contributed by atoms with Gasteiger partial charge in [0.25, 0.3) is 0 Å². The standard InChI is InChI=1S/C17H23N3O3/c1-23-15-5-3-14(4-6-15)20-10-8-18-16(20)11-19-9-2-7-17(22,12-19)13-21/h3-6,8,10,21-22H,2,7,9,11-13H2,1H3/t17-/m1/s1. The van der Waals surface area contributed by atoms with E-state index in [0.29, 0.717) is 19.5 Å². The van der Waals surface area contributed by atoms with Crippen LogP contribution in [0.15, 0.2) is 36.7 Å². The van der Waals surface area contributed by atoms with Crippen LogP contribution in [0.1, 0.15) is 18.7 Å². The smallest absolute Gasteiger partial charge is 0.127 e. The van der Waals surface area contributed by atoms with E-state index in [2.05, 4.69) is 9.88 Å². The molecule has 1 saturated heterocycles. The third-order valence-electron chi connectivity index (χ3n) is 4.36. The lowest BCUT2D eigenvalue weighted by molar-refractivity contribution is -0.0692. The van der Waals surface area contributed by atoms with E-state index in [4.69, 9.17) is 4.74 Å². The number of hydrogen-bond acceptors (Lipinski definition) is 5. The van der Waals surface area contributed by atoms with Crippen LogP contribution in [0.3, 0.4) is 0 Å². The highest BCUT2D eigenvalue weighted by molar-refractivity contribution is 5.38. The fraction of sp³-hybridized carbons (Fsp3) is 0.471. The van der Waals surface area contributed by atoms with Gasteiger partial charge in [-0.25, -0.2) is 4.98 Å². The minimum atomic E-state index is -0.990. The zero-order valence-corrected chi connectivity index (χ0v) is 13.4. The van der Waals surface area contributed by atoms with Crippen LogP contribution in [-0.2, 0) is 6.54 Å². The monoisotopic (exact) mass is 317 g/mol. The highest BCUT2D eigenvalue weighted by atomic mass is 16.5. The van der Waals surface area contributed by atoms with Crippen molar-refractivity contribution >= 4 is 0 Å². The molecule has 0 unspecified atom stereocenters. The van der Waals surface area contributed by atoms with Crippen molar-refractivity contribution in [2.45, 2.75) is 25.0 Å². The summed E-state index contributed by atoms with van der Waals surface area (Å²) in [4.78, 5) is 6.59. The summed E-state index contributed by atoms with van der Waals surface area (Å²) in [6, 6.07) is 7.82. The van der Waals surface area contributed by atoms with Crippen molar-refractivity contribution in [3.05, 3.63) is 42.5 Å². The molecule has 1 aromatic carbocycles. The van der Waals surface area contributed by atoms with Crippen LogP contribution in [0.25, 0.3) is 5.69 Å². The summed E-state index contributed by atoms with van der Waals surface area (Å²) >= 11 is 0. The minimum Gasteiger partial charge on any atom is -0.497 e. The van der Waals surface area contributed by atoms with Gasteiger partial charge in [0, 0.05) is 24.6 Å². The number of aliphatic hydroxyl groups excluding tert-OH is 1. The van der Waals surface area contributed by atoms with Gasteiger partial charge in [0.2, 0.25) is 0 Å². The van der Waals surface area contributed by atoms with Gasteiger partial charge in [0.15, 0.2) is 0 Å². The Bertz CT molecular complexity index is 641. The summed E-state index contributed by atoms with van der Waals surface area (Å²) in [5, 5.41) is 19.7. The van der Waals surface area contributed by atoms with Crippen LogP contribution >= 0.6 is 0 Å². The van der Waals surface area contributed by atoms with Crippen LogP contribution in [0, 0.1) is 0 Å². The van der Waals surface area contributed by atoms with Gasteiger partial charge >= 0.3 is 0 Å². The number of aromatic nitrogens is 2. The highest BCUT2D eigenvalue weighted by Gasteiger charge is 2.32. The number of ether oxygens (including phenoxy) is 1. The third-order valence-corrected chi connectivity index (χ3v) is 4.36. The summed E-state index contributed by atoms with van der Waals surface area (Å²) in [6.07, 6.45) is 5.23. The molecule has 0 bridgehead atoms. The first kappa shape index (κ1) is 16.0. The number of piperidine rings is 1. The summed E-state index contributed by atoms with van der Waals surface area (Å²) in [5.74, 6) is 1.73. The summed E-state index contributed by atoms with van der Waals surface area (Å²) in [6.45, 7) is 1.81. The molecule has 0 spiro atoms. The first-order chi connectivity index (χ1) is 11.1. The fourth-order valence-electron chi connectivity index (χ4n) is 3.10. The fourth-order valence-corrected chi connectivity index (χ4v) is 3.10. The normalized spacial score (nSPS) is 22.2. The summed E-state index contributed by atoms with van der Waals surface area (Å²) in [7, 11) is 1.65. The van der Waals surface area contributed by atoms with Gasteiger partial charge in [-0.2, -0.15) is 0 Å². The van der Waals surface area contributed by atoms with Gasteiger partial charge in [-0.1, -0.05) is 0 Å². The molecular weight excluding hydrogens is 294 g/mol. The molecule has 1 fully saturated rings. The lowest BCUT2D eigenvalue weighted by Gasteiger charge is -2.37. The number of nitrogens with zero attached hydrogens (tertiary/aromatic N) is 3. The predicted molar refractivity (Wildman–Crippen MR) is 86.7 cm³/mol. The topological polar surface area (TPSA) is 70.8 Å². The second-order valence-corrected chi connectivity index (χ2v) is 6.11. The average molecular weight is 317 g/mol. The molecule has 2 N–H and O–H groups in total. The van der Waals surface area contributed by atoms with Crippen LogP contribution < -0.4 is 4.74 Å². The van der Waals surface area contributed by atoms with E-state index in [1.54, 1.807) is 13.3 Å². The van der Waals surface area contributed by atoms with Gasteiger partial charge in [0.05, 0.1) is 20.3 Å². The maximum absolute atomic E-state index is 10.3. The number of likely N-dealkylation sites (tertiary alicyclic amines) is 1. The second-order valence-electron chi connectivity index (χ2n) is 6.11. The molecule has 0 saturated carbocycles. The number of hydrogen-bond donors (Lipinski definition) is 2. The van der Waals surface area contributed by atoms with Gasteiger partial charge in [-0.05, 0) is 43.7 Å². The highest BCUT2D eigenvalue weighted by Crippen LogP contribution is 2.23. The average Bonchev–Trinajstić information content (AvgIpc) is 3.03. The molecule has 1 aromatic heterocycles. The van der Waals surface area contributed by atoms with Crippen LogP contribution in [0.5, 0.6) is 5.75 Å². The van der Waals surface area contributed by atoms with E-state index in [1.165, 1.54) is 0 Å². The van der Waals surface area contributed by atoms with Crippen LogP contribution in [0.4, 0.5) is 0 Å². The molecule has 124 valence electrons. The lowest BCUT2D eigenvalue weighted by Crippen LogP contribution is -2.50. The van der Waals surface area contributed by atoms with E-state index < -0.39 is 5.60 Å². The molecule has 0 aliphatic carbocycles. The lowest BCUT2D eigenvalue weighted by atomic mass is 9.94. The third kappa shape index (κ3) is 3.55. The van der Waals surface area contributed by atoms with E-state index in [1.807, 2.05) is 35.0 Å². The zero-order chi connectivity index (χ0) is 16.3. The molecular formula is C17H23N3O3. The first-order valence-corrected chi connectivity index (χ1v) is 7.86. The Balaban J connectivity index is 1.75. The van der Waals surface area contributed by atoms with E-state index >= 15 is 0 Å². The van der Waals surface area contributed by atoms with Crippen molar-refractivity contribution in [1.29, 1.82) is 0 Å². The molecule has 23 heavy (non-hydrogen) atoms. The molecule has 0 amide bonds. The predicted octanol–water partition coefficient (Wildman–Crippen LogP) is 1.20. The summed E-state index contributed by atoms with van der Waals surface area (Å²) in [5.41, 5.74) is 0.0308. The quantitative estimate of drug-likeness (QED) is 0.867. The van der Waals surface area contributed by atoms with Crippen molar-refractivity contribution < 1.29 is 14.9 Å². The Morgan fingerprint density at radius 1 is 1.30 bits per heavy atom. The maximum Gasteiger partial charge on any atom is 0.127 e. The van der Waals surface area contributed by atoms with Crippen LogP contribution in [-0.4, -0.2) is 57.1 Å². The minimum absolute atomic E-state index is 0.198. The molecule has 3 rings (SSSR count). The number of methoxy groups -OCH3 is 1. The Morgan fingerprint density at radius 3 is 2.78 bits per heavy atom. The Labute approximate surface area is 136 Å². The molecule has 1 aliphatic heterocycles. The molecule has 6 heteroatoms. The number of aliphatic hydroxyl groups is 2. The second kappa shape index (κ2) is 6.70. The van der Waals surface area contributed by atoms with E-state index in [0.717, 1.165) is 30.2 Å². The first-order valence-electron chi connectivity index (χ1n) is 7.86. The molecule has 2 heterocycles. The summed E-state index contributed by atoms with van der Waals surface area (Å²) < 4.78 is 7.22. The van der Waals surface area contributed by atoms with Crippen molar-refractivity contribution in [3.8, 4) is 11.4 Å². The molecule has 1 atom stereocenters. The molecule has 6 nitrogen and oxygen atoms in total. The SMILES string of the molecule is COc1ccc(-n2ccnc2CN2CCC[C@](O)(CO)C2)cc1. The maximum atomic E-state index is 10.3. The number of β-amino-alcohol motifs (C(OH)–C–C–N with tert-alkyl or cyclic N) is 1. The Kier molecular flexibility index (Phi) is 4.66. The van der Waals surface area contributed by atoms with E-state index in [9.17, 15) is 10.2 Å². The van der Waals surface area contributed by atoms with Gasteiger partial charge in [-0.3, -0.25) is 4.90 Å². The molecule has 0 radical (unpaired) electrons. The number of imidazole rings is 1.